The Balaban J connectivity index is 1.47. The smallest absolute Gasteiger partial charge is 0.246 e. The highest BCUT2D eigenvalue weighted by molar-refractivity contribution is 7.89. The van der Waals surface area contributed by atoms with Crippen LogP contribution in [0.1, 0.15) is 24.8 Å². The first-order valence-electron chi connectivity index (χ1n) is 10.6. The van der Waals surface area contributed by atoms with E-state index in [9.17, 15) is 13.2 Å². The summed E-state index contributed by atoms with van der Waals surface area (Å²) in [5.74, 6) is 0.238. The number of carbonyl (C=O) groups excluding carboxylic acids is 1. The standard InChI is InChI=1S/C21H33N3O5S/c1-17-4-5-19(28-2)20(16-17)30(26,27)24-10-6-18(7-11-24)21(25)22-8-3-9-23-12-14-29-15-13-23/h4-5,16,18H,3,6-15H2,1-2H3,(H,22,25). The van der Waals surface area contributed by atoms with Crippen molar-refractivity contribution in [1.29, 1.82) is 0 Å². The number of rotatable bonds is 8. The van der Waals surface area contributed by atoms with E-state index in [0.717, 1.165) is 44.8 Å². The van der Waals surface area contributed by atoms with E-state index < -0.39 is 10.0 Å². The summed E-state index contributed by atoms with van der Waals surface area (Å²) in [4.78, 5) is 15.0. The predicted molar refractivity (Wildman–Crippen MR) is 114 cm³/mol. The van der Waals surface area contributed by atoms with Gasteiger partial charge in [0.25, 0.3) is 0 Å². The molecule has 0 spiro atoms. The lowest BCUT2D eigenvalue weighted by atomic mass is 9.97. The number of sulfonamides is 1. The van der Waals surface area contributed by atoms with Crippen LogP contribution in [0.25, 0.3) is 0 Å². The van der Waals surface area contributed by atoms with Gasteiger partial charge in [0, 0.05) is 38.6 Å². The summed E-state index contributed by atoms with van der Waals surface area (Å²) in [7, 11) is -2.18. The van der Waals surface area contributed by atoms with Gasteiger partial charge in [-0.15, -0.1) is 0 Å². The van der Waals surface area contributed by atoms with Crippen LogP contribution in [0.3, 0.4) is 0 Å². The number of piperidine rings is 1. The van der Waals surface area contributed by atoms with E-state index in [-0.39, 0.29) is 16.7 Å². The Labute approximate surface area is 179 Å². The summed E-state index contributed by atoms with van der Waals surface area (Å²) in [5.41, 5.74) is 0.862. The summed E-state index contributed by atoms with van der Waals surface area (Å²) in [6, 6.07) is 5.15. The molecule has 0 radical (unpaired) electrons. The summed E-state index contributed by atoms with van der Waals surface area (Å²) < 4.78 is 38.2. The second kappa shape index (κ2) is 10.6. The van der Waals surface area contributed by atoms with Crippen molar-refractivity contribution in [2.24, 2.45) is 5.92 Å². The molecule has 168 valence electrons. The van der Waals surface area contributed by atoms with Crippen LogP contribution in [0.2, 0.25) is 0 Å². The number of morpholine rings is 1. The molecule has 2 aliphatic rings. The van der Waals surface area contributed by atoms with Gasteiger partial charge < -0.3 is 14.8 Å². The van der Waals surface area contributed by atoms with E-state index in [1.54, 1.807) is 12.1 Å². The molecular weight excluding hydrogens is 406 g/mol. The third-order valence-corrected chi connectivity index (χ3v) is 7.74. The van der Waals surface area contributed by atoms with Gasteiger partial charge in [0.2, 0.25) is 15.9 Å². The van der Waals surface area contributed by atoms with Crippen molar-refractivity contribution >= 4 is 15.9 Å². The quantitative estimate of drug-likeness (QED) is 0.614. The van der Waals surface area contributed by atoms with E-state index >= 15 is 0 Å². The van der Waals surface area contributed by atoms with Gasteiger partial charge in [-0.05, 0) is 50.4 Å². The second-order valence-electron chi connectivity index (χ2n) is 7.93. The number of nitrogens with one attached hydrogen (secondary N) is 1. The van der Waals surface area contributed by atoms with E-state index in [0.29, 0.717) is 38.2 Å². The van der Waals surface area contributed by atoms with E-state index in [2.05, 4.69) is 10.2 Å². The van der Waals surface area contributed by atoms with Gasteiger partial charge in [0.15, 0.2) is 0 Å². The Morgan fingerprint density at radius 1 is 1.20 bits per heavy atom. The van der Waals surface area contributed by atoms with Crippen LogP contribution in [0.4, 0.5) is 0 Å². The van der Waals surface area contributed by atoms with E-state index in [4.69, 9.17) is 9.47 Å². The average molecular weight is 440 g/mol. The van der Waals surface area contributed by atoms with Crippen LogP contribution in [-0.2, 0) is 19.6 Å². The molecule has 1 aromatic carbocycles. The number of amides is 1. The van der Waals surface area contributed by atoms with Gasteiger partial charge in [0.05, 0.1) is 20.3 Å². The lowest BCUT2D eigenvalue weighted by Crippen LogP contribution is -2.43. The fraction of sp³-hybridized carbons (Fsp3) is 0.667. The van der Waals surface area contributed by atoms with E-state index in [1.165, 1.54) is 11.4 Å². The second-order valence-corrected chi connectivity index (χ2v) is 9.84. The van der Waals surface area contributed by atoms with Crippen molar-refractivity contribution in [1.82, 2.24) is 14.5 Å². The highest BCUT2D eigenvalue weighted by atomic mass is 32.2. The molecule has 2 aliphatic heterocycles. The van der Waals surface area contributed by atoms with Crippen LogP contribution < -0.4 is 10.1 Å². The highest BCUT2D eigenvalue weighted by Gasteiger charge is 2.33. The van der Waals surface area contributed by atoms with Gasteiger partial charge in [-0.3, -0.25) is 9.69 Å². The molecule has 1 N–H and O–H groups in total. The third kappa shape index (κ3) is 5.72. The SMILES string of the molecule is COc1ccc(C)cc1S(=O)(=O)N1CCC(C(=O)NCCCN2CCOCC2)CC1. The van der Waals surface area contributed by atoms with Gasteiger partial charge in [-0.25, -0.2) is 8.42 Å². The lowest BCUT2D eigenvalue weighted by molar-refractivity contribution is -0.126. The first-order valence-corrected chi connectivity index (χ1v) is 12.1. The van der Waals surface area contributed by atoms with Crippen molar-refractivity contribution in [2.45, 2.75) is 31.1 Å². The number of benzene rings is 1. The molecule has 0 aromatic heterocycles. The number of methoxy groups -OCH3 is 1. The summed E-state index contributed by atoms with van der Waals surface area (Å²) >= 11 is 0. The fourth-order valence-corrected chi connectivity index (χ4v) is 5.68. The number of nitrogens with zero attached hydrogens (tertiary/aromatic N) is 2. The minimum atomic E-state index is -3.65. The lowest BCUT2D eigenvalue weighted by Gasteiger charge is -2.31. The number of hydrogen-bond acceptors (Lipinski definition) is 6. The van der Waals surface area contributed by atoms with Crippen molar-refractivity contribution in [2.75, 3.05) is 59.6 Å². The minimum Gasteiger partial charge on any atom is -0.495 e. The molecule has 1 aromatic rings. The van der Waals surface area contributed by atoms with Crippen molar-refractivity contribution < 1.29 is 22.7 Å². The highest BCUT2D eigenvalue weighted by Crippen LogP contribution is 2.30. The Kier molecular flexibility index (Phi) is 8.10. The molecule has 3 rings (SSSR count). The number of hydrogen-bond donors (Lipinski definition) is 1. The molecule has 2 fully saturated rings. The van der Waals surface area contributed by atoms with Crippen molar-refractivity contribution in [3.63, 3.8) is 0 Å². The Hall–Kier alpha value is -1.68. The van der Waals surface area contributed by atoms with Gasteiger partial charge >= 0.3 is 0 Å². The van der Waals surface area contributed by atoms with Crippen molar-refractivity contribution in [3.8, 4) is 5.75 Å². The minimum absolute atomic E-state index is 0.0298. The van der Waals surface area contributed by atoms with Gasteiger partial charge in [0.1, 0.15) is 10.6 Å². The number of ether oxygens (including phenoxy) is 2. The molecule has 2 heterocycles. The Bertz CT molecular complexity index is 816. The molecule has 8 nitrogen and oxygen atoms in total. The number of carbonyl (C=O) groups is 1. The normalized spacial score (nSPS) is 19.5. The molecule has 0 saturated carbocycles. The molecule has 1 amide bonds. The summed E-state index contributed by atoms with van der Waals surface area (Å²) in [6.45, 7) is 7.60. The maximum atomic E-state index is 13.1. The maximum Gasteiger partial charge on any atom is 0.246 e. The van der Waals surface area contributed by atoms with E-state index in [1.807, 2.05) is 13.0 Å². The zero-order valence-electron chi connectivity index (χ0n) is 17.9. The topological polar surface area (TPSA) is 88.2 Å². The van der Waals surface area contributed by atoms with Crippen LogP contribution in [0.5, 0.6) is 5.75 Å². The monoisotopic (exact) mass is 439 g/mol. The summed E-state index contributed by atoms with van der Waals surface area (Å²) in [5, 5.41) is 3.02. The molecule has 0 unspecified atom stereocenters. The molecule has 2 saturated heterocycles. The molecular formula is C21H33N3O5S. The van der Waals surface area contributed by atoms with Crippen LogP contribution >= 0.6 is 0 Å². The fourth-order valence-electron chi connectivity index (χ4n) is 3.97. The molecule has 0 atom stereocenters. The van der Waals surface area contributed by atoms with Crippen molar-refractivity contribution in [3.05, 3.63) is 23.8 Å². The Morgan fingerprint density at radius 2 is 1.90 bits per heavy atom. The number of aryl methyl sites for hydroxylation is 1. The first-order chi connectivity index (χ1) is 14.4. The van der Waals surface area contributed by atoms with Gasteiger partial charge in [-0.1, -0.05) is 6.07 Å². The molecule has 0 bridgehead atoms. The third-order valence-electron chi connectivity index (χ3n) is 5.82. The largest absolute Gasteiger partial charge is 0.495 e. The van der Waals surface area contributed by atoms with Crippen LogP contribution in [-0.4, -0.2) is 83.1 Å². The van der Waals surface area contributed by atoms with Crippen LogP contribution in [0, 0.1) is 12.8 Å². The molecule has 30 heavy (non-hydrogen) atoms. The molecule has 0 aliphatic carbocycles. The van der Waals surface area contributed by atoms with Gasteiger partial charge in [-0.2, -0.15) is 4.31 Å². The molecule has 9 heteroatoms. The maximum absolute atomic E-state index is 13.1. The Morgan fingerprint density at radius 3 is 2.57 bits per heavy atom. The predicted octanol–water partition coefficient (Wildman–Crippen LogP) is 1.24. The van der Waals surface area contributed by atoms with Crippen LogP contribution in [0.15, 0.2) is 23.1 Å². The zero-order chi connectivity index (χ0) is 21.6. The average Bonchev–Trinajstić information content (AvgIpc) is 2.77. The summed E-state index contributed by atoms with van der Waals surface area (Å²) in [6.07, 6.45) is 1.97. The zero-order valence-corrected chi connectivity index (χ0v) is 18.7. The first kappa shape index (κ1) is 23.0.